The van der Waals surface area contributed by atoms with Crippen molar-refractivity contribution in [2.75, 3.05) is 14.2 Å². The summed E-state index contributed by atoms with van der Waals surface area (Å²) in [6.07, 6.45) is 2.83. The zero-order valence-corrected chi connectivity index (χ0v) is 10.8. The maximum absolute atomic E-state index is 5.75. The lowest BCUT2D eigenvalue weighted by atomic mass is 9.80. The maximum atomic E-state index is 5.75. The highest BCUT2D eigenvalue weighted by Gasteiger charge is 2.51. The van der Waals surface area contributed by atoms with Crippen LogP contribution in [0, 0.1) is 5.92 Å². The predicted octanol–water partition coefficient (Wildman–Crippen LogP) is 3.32. The monoisotopic (exact) mass is 232 g/mol. The van der Waals surface area contributed by atoms with E-state index in [9.17, 15) is 0 Å². The minimum atomic E-state index is 0.383. The van der Waals surface area contributed by atoms with Crippen molar-refractivity contribution in [2.45, 2.75) is 37.7 Å². The van der Waals surface area contributed by atoms with Crippen molar-refractivity contribution in [3.63, 3.8) is 0 Å². The van der Waals surface area contributed by atoms with Crippen molar-refractivity contribution in [2.24, 2.45) is 5.92 Å². The summed E-state index contributed by atoms with van der Waals surface area (Å²) in [5.74, 6) is 2.96. The first-order valence-electron chi connectivity index (χ1n) is 6.51. The molecule has 1 saturated carbocycles. The third kappa shape index (κ3) is 1.37. The van der Waals surface area contributed by atoms with Gasteiger partial charge in [0.05, 0.1) is 13.2 Å². The Morgan fingerprint density at radius 1 is 1.24 bits per heavy atom. The molecule has 0 spiro atoms. The third-order valence-corrected chi connectivity index (χ3v) is 4.68. The molecule has 4 atom stereocenters. The fourth-order valence-electron chi connectivity index (χ4n) is 4.06. The molecule has 1 aromatic carbocycles. The summed E-state index contributed by atoms with van der Waals surface area (Å²) in [7, 11) is 3.61. The van der Waals surface area contributed by atoms with Crippen molar-refractivity contribution in [1.82, 2.24) is 0 Å². The SMILES string of the molecule is CCC1C2CC(c3c(OC)cccc32)C1OC. The van der Waals surface area contributed by atoms with Crippen LogP contribution in [0.2, 0.25) is 0 Å². The predicted molar refractivity (Wildman–Crippen MR) is 67.7 cm³/mol. The lowest BCUT2D eigenvalue weighted by Gasteiger charge is -2.31. The van der Waals surface area contributed by atoms with Crippen LogP contribution in [0.5, 0.6) is 5.75 Å². The summed E-state index contributed by atoms with van der Waals surface area (Å²) in [4.78, 5) is 0. The average Bonchev–Trinajstić information content (AvgIpc) is 2.93. The van der Waals surface area contributed by atoms with Crippen LogP contribution in [-0.2, 0) is 4.74 Å². The molecule has 0 aliphatic heterocycles. The first kappa shape index (κ1) is 11.1. The fourth-order valence-corrected chi connectivity index (χ4v) is 4.06. The van der Waals surface area contributed by atoms with Crippen LogP contribution in [0.3, 0.4) is 0 Å². The lowest BCUT2D eigenvalue weighted by molar-refractivity contribution is 0.0486. The van der Waals surface area contributed by atoms with E-state index in [0.717, 1.165) is 5.75 Å². The number of ether oxygens (including phenoxy) is 2. The Morgan fingerprint density at radius 3 is 2.71 bits per heavy atom. The summed E-state index contributed by atoms with van der Waals surface area (Å²) in [5.41, 5.74) is 2.92. The van der Waals surface area contributed by atoms with Crippen LogP contribution < -0.4 is 4.74 Å². The minimum Gasteiger partial charge on any atom is -0.496 e. The Morgan fingerprint density at radius 2 is 2.06 bits per heavy atom. The molecule has 2 heteroatoms. The van der Waals surface area contributed by atoms with Gasteiger partial charge in [0.1, 0.15) is 5.75 Å². The lowest BCUT2D eigenvalue weighted by Crippen LogP contribution is -2.28. The first-order valence-corrected chi connectivity index (χ1v) is 6.51. The van der Waals surface area contributed by atoms with Gasteiger partial charge in [0.2, 0.25) is 0 Å². The van der Waals surface area contributed by atoms with E-state index < -0.39 is 0 Å². The average molecular weight is 232 g/mol. The molecule has 0 aromatic heterocycles. The minimum absolute atomic E-state index is 0.383. The van der Waals surface area contributed by atoms with Crippen molar-refractivity contribution >= 4 is 0 Å². The van der Waals surface area contributed by atoms with Crippen molar-refractivity contribution in [1.29, 1.82) is 0 Å². The van der Waals surface area contributed by atoms with Gasteiger partial charge in [-0.2, -0.15) is 0 Å². The normalized spacial score (nSPS) is 33.8. The highest BCUT2D eigenvalue weighted by Crippen LogP contribution is 2.60. The molecule has 2 bridgehead atoms. The quantitative estimate of drug-likeness (QED) is 0.796. The van der Waals surface area contributed by atoms with E-state index in [0.29, 0.717) is 23.9 Å². The molecule has 1 aromatic rings. The highest BCUT2D eigenvalue weighted by atomic mass is 16.5. The Balaban J connectivity index is 2.09. The molecule has 0 radical (unpaired) electrons. The molecule has 4 unspecified atom stereocenters. The molecule has 0 heterocycles. The molecule has 17 heavy (non-hydrogen) atoms. The Labute approximate surface area is 103 Å². The molecular formula is C15H20O2. The molecule has 0 saturated heterocycles. The number of fused-ring (bicyclic) bond motifs is 5. The Bertz CT molecular complexity index is 427. The van der Waals surface area contributed by atoms with E-state index >= 15 is 0 Å². The molecule has 0 N–H and O–H groups in total. The number of hydrogen-bond acceptors (Lipinski definition) is 2. The summed E-state index contributed by atoms with van der Waals surface area (Å²) in [5, 5.41) is 0. The van der Waals surface area contributed by atoms with Gasteiger partial charge in [-0.25, -0.2) is 0 Å². The zero-order valence-electron chi connectivity index (χ0n) is 10.8. The summed E-state index contributed by atoms with van der Waals surface area (Å²) >= 11 is 0. The smallest absolute Gasteiger partial charge is 0.122 e. The van der Waals surface area contributed by atoms with Gasteiger partial charge >= 0.3 is 0 Å². The van der Waals surface area contributed by atoms with Crippen molar-refractivity contribution in [3.05, 3.63) is 29.3 Å². The van der Waals surface area contributed by atoms with Crippen LogP contribution in [0.25, 0.3) is 0 Å². The second-order valence-electron chi connectivity index (χ2n) is 5.18. The van der Waals surface area contributed by atoms with Gasteiger partial charge in [-0.3, -0.25) is 0 Å². The topological polar surface area (TPSA) is 18.5 Å². The van der Waals surface area contributed by atoms with Crippen LogP contribution in [0.15, 0.2) is 18.2 Å². The highest BCUT2D eigenvalue weighted by molar-refractivity contribution is 5.51. The van der Waals surface area contributed by atoms with E-state index in [2.05, 4.69) is 25.1 Å². The zero-order chi connectivity index (χ0) is 12.0. The number of rotatable bonds is 3. The van der Waals surface area contributed by atoms with Crippen molar-refractivity contribution < 1.29 is 9.47 Å². The molecule has 1 fully saturated rings. The summed E-state index contributed by atoms with van der Waals surface area (Å²) < 4.78 is 11.3. The second kappa shape index (κ2) is 4.02. The fraction of sp³-hybridized carbons (Fsp3) is 0.600. The summed E-state index contributed by atoms with van der Waals surface area (Å²) in [6, 6.07) is 6.47. The van der Waals surface area contributed by atoms with Gasteiger partial charge in [-0.1, -0.05) is 25.5 Å². The van der Waals surface area contributed by atoms with Crippen LogP contribution in [0.4, 0.5) is 0 Å². The van der Waals surface area contributed by atoms with Crippen LogP contribution >= 0.6 is 0 Å². The van der Waals surface area contributed by atoms with Gasteiger partial charge < -0.3 is 9.47 Å². The first-order chi connectivity index (χ1) is 8.31. The van der Waals surface area contributed by atoms with Crippen molar-refractivity contribution in [3.8, 4) is 5.75 Å². The Hall–Kier alpha value is -1.02. The van der Waals surface area contributed by atoms with Gasteiger partial charge in [-0.05, 0) is 29.9 Å². The van der Waals surface area contributed by atoms with Gasteiger partial charge in [0, 0.05) is 18.6 Å². The van der Waals surface area contributed by atoms with Crippen LogP contribution in [0.1, 0.15) is 42.7 Å². The van der Waals surface area contributed by atoms with Gasteiger partial charge in [0.15, 0.2) is 0 Å². The number of hydrogen-bond donors (Lipinski definition) is 0. The van der Waals surface area contributed by atoms with E-state index in [1.54, 1.807) is 7.11 Å². The maximum Gasteiger partial charge on any atom is 0.122 e. The second-order valence-corrected chi connectivity index (χ2v) is 5.18. The molecule has 3 rings (SSSR count). The van der Waals surface area contributed by atoms with E-state index in [1.807, 2.05) is 7.11 Å². The van der Waals surface area contributed by atoms with E-state index in [-0.39, 0.29) is 0 Å². The standard InChI is InChI=1S/C15H20O2/c1-4-9-11-8-12(15(9)17-3)14-10(11)6-5-7-13(14)16-2/h5-7,9,11-12,15H,4,8H2,1-3H3. The van der Waals surface area contributed by atoms with Gasteiger partial charge in [-0.15, -0.1) is 0 Å². The molecule has 2 nitrogen and oxygen atoms in total. The van der Waals surface area contributed by atoms with E-state index in [1.165, 1.54) is 24.0 Å². The number of methoxy groups -OCH3 is 2. The Kier molecular flexibility index (Phi) is 2.62. The largest absolute Gasteiger partial charge is 0.496 e. The molecule has 2 aliphatic rings. The number of benzene rings is 1. The third-order valence-electron chi connectivity index (χ3n) is 4.68. The molecule has 92 valence electrons. The van der Waals surface area contributed by atoms with E-state index in [4.69, 9.17) is 9.47 Å². The summed E-state index contributed by atoms with van der Waals surface area (Å²) in [6.45, 7) is 2.28. The van der Waals surface area contributed by atoms with Crippen LogP contribution in [-0.4, -0.2) is 20.3 Å². The molecule has 0 amide bonds. The van der Waals surface area contributed by atoms with Gasteiger partial charge in [0.25, 0.3) is 0 Å². The molecular weight excluding hydrogens is 212 g/mol. The molecule has 2 aliphatic carbocycles.